The highest BCUT2D eigenvalue weighted by Gasteiger charge is 2.29. The number of rotatable bonds is 5. The summed E-state index contributed by atoms with van der Waals surface area (Å²) in [5.74, 6) is -0.0282. The maximum Gasteiger partial charge on any atom is 0.268 e. The lowest BCUT2D eigenvalue weighted by molar-refractivity contribution is 0.0303. The molecule has 1 aliphatic heterocycles. The number of aromatic nitrogens is 1. The number of hydrogen-bond donors (Lipinski definition) is 1. The number of morpholine rings is 1. The third kappa shape index (κ3) is 4.48. The predicted molar refractivity (Wildman–Crippen MR) is 130 cm³/mol. The molecule has 2 amide bonds. The molecule has 0 radical (unpaired) electrons. The Morgan fingerprint density at radius 3 is 2.41 bits per heavy atom. The van der Waals surface area contributed by atoms with Crippen LogP contribution in [0.3, 0.4) is 0 Å². The van der Waals surface area contributed by atoms with Gasteiger partial charge in [-0.25, -0.2) is 4.98 Å². The molecule has 32 heavy (non-hydrogen) atoms. The summed E-state index contributed by atoms with van der Waals surface area (Å²) in [6.07, 6.45) is 0. The number of amides is 2. The number of aryl methyl sites for hydroxylation is 1. The Balaban J connectivity index is 1.73. The van der Waals surface area contributed by atoms with Crippen molar-refractivity contribution in [2.75, 3.05) is 31.6 Å². The number of hydrogen-bond acceptors (Lipinski definition) is 6. The zero-order valence-electron chi connectivity index (χ0n) is 18.7. The van der Waals surface area contributed by atoms with Crippen LogP contribution in [0.2, 0.25) is 0 Å². The van der Waals surface area contributed by atoms with Crippen molar-refractivity contribution in [2.24, 2.45) is 0 Å². The Morgan fingerprint density at radius 2 is 1.78 bits per heavy atom. The zero-order chi connectivity index (χ0) is 22.8. The molecule has 4 rings (SSSR count). The first-order chi connectivity index (χ1) is 15.4. The fourth-order valence-electron chi connectivity index (χ4n) is 3.68. The summed E-state index contributed by atoms with van der Waals surface area (Å²) < 4.78 is 5.41. The molecule has 6 nitrogen and oxygen atoms in total. The third-order valence-electron chi connectivity index (χ3n) is 5.44. The maximum atomic E-state index is 13.5. The second kappa shape index (κ2) is 9.52. The van der Waals surface area contributed by atoms with E-state index in [1.54, 1.807) is 4.90 Å². The Morgan fingerprint density at radius 1 is 1.09 bits per heavy atom. The summed E-state index contributed by atoms with van der Waals surface area (Å²) in [7, 11) is 0. The zero-order valence-corrected chi connectivity index (χ0v) is 20.4. The highest BCUT2D eigenvalue weighted by atomic mass is 32.1. The van der Waals surface area contributed by atoms with Gasteiger partial charge in [0.25, 0.3) is 11.8 Å². The molecule has 8 heteroatoms. The van der Waals surface area contributed by atoms with Crippen molar-refractivity contribution in [2.45, 2.75) is 33.6 Å². The minimum absolute atomic E-state index is 0.0663. The number of nitrogens with zero attached hydrogens (tertiary/aromatic N) is 2. The van der Waals surface area contributed by atoms with E-state index in [0.717, 1.165) is 21.0 Å². The maximum absolute atomic E-state index is 13.5. The number of nitrogens with one attached hydrogen (secondary N) is 1. The van der Waals surface area contributed by atoms with E-state index in [-0.39, 0.29) is 17.7 Å². The lowest BCUT2D eigenvalue weighted by atomic mass is 10.1. The lowest BCUT2D eigenvalue weighted by Crippen LogP contribution is -2.41. The van der Waals surface area contributed by atoms with Gasteiger partial charge in [-0.05, 0) is 25.0 Å². The standard InChI is InChI=1S/C24H27N3O3S2/c1-14(2)22-25-16(4)20(32-22)21(28)26-23-18(24(29)27-10-12-30-13-11-27)15(3)19(31-23)17-8-6-5-7-9-17/h5-9,14H,10-13H2,1-4H3,(H,26,28). The number of carbonyl (C=O) groups is 2. The molecule has 1 aromatic carbocycles. The molecule has 3 heterocycles. The van der Waals surface area contributed by atoms with E-state index in [1.165, 1.54) is 22.7 Å². The molecule has 0 spiro atoms. The number of anilines is 1. The van der Waals surface area contributed by atoms with Crippen LogP contribution in [0, 0.1) is 13.8 Å². The summed E-state index contributed by atoms with van der Waals surface area (Å²) in [5.41, 5.74) is 3.20. The van der Waals surface area contributed by atoms with Crippen LogP contribution < -0.4 is 5.32 Å². The van der Waals surface area contributed by atoms with Gasteiger partial charge in [-0.2, -0.15) is 0 Å². The van der Waals surface area contributed by atoms with Crippen LogP contribution in [0.1, 0.15) is 56.1 Å². The Labute approximate surface area is 196 Å². The van der Waals surface area contributed by atoms with Crippen molar-refractivity contribution in [3.05, 3.63) is 57.0 Å². The molecule has 0 bridgehead atoms. The van der Waals surface area contributed by atoms with Gasteiger partial charge in [-0.15, -0.1) is 22.7 Å². The van der Waals surface area contributed by atoms with Crippen LogP contribution in [0.5, 0.6) is 0 Å². The number of carbonyl (C=O) groups excluding carboxylic acids is 2. The first-order valence-electron chi connectivity index (χ1n) is 10.7. The highest BCUT2D eigenvalue weighted by molar-refractivity contribution is 7.20. The van der Waals surface area contributed by atoms with Crippen molar-refractivity contribution in [1.82, 2.24) is 9.88 Å². The SMILES string of the molecule is Cc1nc(C(C)C)sc1C(=O)Nc1sc(-c2ccccc2)c(C)c1C(=O)N1CCOCC1. The van der Waals surface area contributed by atoms with Crippen molar-refractivity contribution >= 4 is 39.5 Å². The molecule has 3 aromatic rings. The van der Waals surface area contributed by atoms with Gasteiger partial charge in [-0.1, -0.05) is 44.2 Å². The van der Waals surface area contributed by atoms with Gasteiger partial charge in [0, 0.05) is 23.9 Å². The first-order valence-corrected chi connectivity index (χ1v) is 12.3. The summed E-state index contributed by atoms with van der Waals surface area (Å²) >= 11 is 2.86. The van der Waals surface area contributed by atoms with E-state index >= 15 is 0 Å². The number of thiazole rings is 1. The van der Waals surface area contributed by atoms with Crippen molar-refractivity contribution in [1.29, 1.82) is 0 Å². The lowest BCUT2D eigenvalue weighted by Gasteiger charge is -2.27. The van der Waals surface area contributed by atoms with Gasteiger partial charge >= 0.3 is 0 Å². The monoisotopic (exact) mass is 469 g/mol. The Kier molecular flexibility index (Phi) is 6.74. The molecule has 1 aliphatic rings. The van der Waals surface area contributed by atoms with Crippen molar-refractivity contribution < 1.29 is 14.3 Å². The van der Waals surface area contributed by atoms with Crippen LogP contribution in [-0.4, -0.2) is 48.0 Å². The molecular formula is C24H27N3O3S2. The Bertz CT molecular complexity index is 1130. The largest absolute Gasteiger partial charge is 0.378 e. The normalized spacial score (nSPS) is 14.1. The predicted octanol–water partition coefficient (Wildman–Crippen LogP) is 5.34. The minimum Gasteiger partial charge on any atom is -0.378 e. The number of benzene rings is 1. The van der Waals surface area contributed by atoms with E-state index in [9.17, 15) is 9.59 Å². The van der Waals surface area contributed by atoms with Crippen LogP contribution in [0.4, 0.5) is 5.00 Å². The topological polar surface area (TPSA) is 71.5 Å². The van der Waals surface area contributed by atoms with Gasteiger partial charge < -0.3 is 15.0 Å². The minimum atomic E-state index is -0.219. The molecule has 1 fully saturated rings. The summed E-state index contributed by atoms with van der Waals surface area (Å²) in [6.45, 7) is 10.1. The van der Waals surface area contributed by atoms with E-state index in [2.05, 4.69) is 24.1 Å². The number of ether oxygens (including phenoxy) is 1. The Hall–Kier alpha value is -2.55. The molecule has 0 saturated carbocycles. The van der Waals surface area contributed by atoms with E-state index in [1.807, 2.05) is 44.2 Å². The fourth-order valence-corrected chi connectivity index (χ4v) is 5.85. The van der Waals surface area contributed by atoms with Gasteiger partial charge in [0.15, 0.2) is 0 Å². The van der Waals surface area contributed by atoms with Gasteiger partial charge in [0.05, 0.1) is 29.5 Å². The fraction of sp³-hybridized carbons (Fsp3) is 0.375. The van der Waals surface area contributed by atoms with Crippen molar-refractivity contribution in [3.63, 3.8) is 0 Å². The second-order valence-corrected chi connectivity index (χ2v) is 10.2. The van der Waals surface area contributed by atoms with Crippen molar-refractivity contribution in [3.8, 4) is 10.4 Å². The molecule has 0 aliphatic carbocycles. The van der Waals surface area contributed by atoms with Crippen LogP contribution in [0.15, 0.2) is 30.3 Å². The van der Waals surface area contributed by atoms with Crippen LogP contribution in [-0.2, 0) is 4.74 Å². The van der Waals surface area contributed by atoms with Gasteiger partial charge in [-0.3, -0.25) is 9.59 Å². The van der Waals surface area contributed by atoms with Crippen LogP contribution >= 0.6 is 22.7 Å². The van der Waals surface area contributed by atoms with Gasteiger partial charge in [0.2, 0.25) is 0 Å². The van der Waals surface area contributed by atoms with E-state index < -0.39 is 0 Å². The second-order valence-electron chi connectivity index (χ2n) is 8.11. The average molecular weight is 470 g/mol. The van der Waals surface area contributed by atoms with E-state index in [4.69, 9.17) is 4.74 Å². The average Bonchev–Trinajstić information content (AvgIpc) is 3.34. The van der Waals surface area contributed by atoms with Crippen LogP contribution in [0.25, 0.3) is 10.4 Å². The smallest absolute Gasteiger partial charge is 0.268 e. The molecule has 1 N–H and O–H groups in total. The summed E-state index contributed by atoms with van der Waals surface area (Å²) in [4.78, 5) is 34.6. The molecule has 1 saturated heterocycles. The molecule has 0 atom stereocenters. The summed E-state index contributed by atoms with van der Waals surface area (Å²) in [5, 5.41) is 4.56. The quantitative estimate of drug-likeness (QED) is 0.548. The van der Waals surface area contributed by atoms with Gasteiger partial charge in [0.1, 0.15) is 9.88 Å². The molecule has 168 valence electrons. The molecular weight excluding hydrogens is 442 g/mol. The number of thiophene rings is 1. The molecule has 0 unspecified atom stereocenters. The summed E-state index contributed by atoms with van der Waals surface area (Å²) in [6, 6.07) is 9.97. The molecule has 2 aromatic heterocycles. The highest BCUT2D eigenvalue weighted by Crippen LogP contribution is 2.41. The van der Waals surface area contributed by atoms with E-state index in [0.29, 0.717) is 47.4 Å². The first kappa shape index (κ1) is 22.6. The third-order valence-corrected chi connectivity index (χ3v) is 8.15.